The molecule has 2 aromatic rings. The van der Waals surface area contributed by atoms with Crippen LogP contribution in [-0.4, -0.2) is 30.7 Å². The highest BCUT2D eigenvalue weighted by Gasteiger charge is 2.36. The fourth-order valence-corrected chi connectivity index (χ4v) is 4.33. The van der Waals surface area contributed by atoms with Crippen LogP contribution in [0.2, 0.25) is 0 Å². The topological polar surface area (TPSA) is 105 Å². The molecule has 0 spiro atoms. The highest BCUT2D eigenvalue weighted by atomic mass is 32.2. The molecule has 0 bridgehead atoms. The number of hydrogen-bond acceptors (Lipinski definition) is 7. The number of esters is 2. The largest absolute Gasteiger partial charge is 0.465 e. The minimum absolute atomic E-state index is 0.0275. The maximum absolute atomic E-state index is 12.6. The predicted molar refractivity (Wildman–Crippen MR) is 107 cm³/mol. The number of ether oxygens (including phenoxy) is 2. The number of fused-ring (bicyclic) bond motifs is 3. The third-order valence-corrected chi connectivity index (χ3v) is 5.68. The molecule has 1 aliphatic heterocycles. The van der Waals surface area contributed by atoms with E-state index in [1.165, 1.54) is 26.4 Å². The van der Waals surface area contributed by atoms with Gasteiger partial charge in [-0.2, -0.15) is 10.5 Å². The summed E-state index contributed by atoms with van der Waals surface area (Å²) < 4.78 is 11.7. The van der Waals surface area contributed by atoms with Crippen LogP contribution >= 0.6 is 11.8 Å². The van der Waals surface area contributed by atoms with E-state index in [2.05, 4.69) is 0 Å². The summed E-state index contributed by atoms with van der Waals surface area (Å²) in [6.07, 6.45) is 2.80. The Morgan fingerprint density at radius 3 is 2.38 bits per heavy atom. The second-order valence-corrected chi connectivity index (χ2v) is 6.93. The van der Waals surface area contributed by atoms with Crippen molar-refractivity contribution in [1.29, 1.82) is 10.5 Å². The molecule has 3 rings (SSSR count). The van der Waals surface area contributed by atoms with Crippen LogP contribution in [0, 0.1) is 22.7 Å². The van der Waals surface area contributed by atoms with Gasteiger partial charge in [-0.3, -0.25) is 0 Å². The Hall–Kier alpha value is -3.75. The Bertz CT molecular complexity index is 1200. The van der Waals surface area contributed by atoms with Crippen molar-refractivity contribution in [3.63, 3.8) is 0 Å². The lowest BCUT2D eigenvalue weighted by molar-refractivity contribution is -0.138. The quantitative estimate of drug-likeness (QED) is 0.570. The van der Waals surface area contributed by atoms with E-state index in [4.69, 9.17) is 20.0 Å². The van der Waals surface area contributed by atoms with Crippen LogP contribution in [0.4, 0.5) is 0 Å². The standard InChI is InChI=1S/C21H15N3O4S/c1-24-15-7-5-4-6-13(15)16-14(9-8-12(10-22)11-23)17(20(25)27-2)18(21(26)28-3)29-19(16)24/h4-9H,1-3H3/b14-9+. The average Bonchev–Trinajstić information content (AvgIpc) is 3.05. The van der Waals surface area contributed by atoms with Gasteiger partial charge in [0.25, 0.3) is 0 Å². The van der Waals surface area contributed by atoms with Crippen molar-refractivity contribution in [2.24, 2.45) is 7.05 Å². The van der Waals surface area contributed by atoms with Gasteiger partial charge in [0.2, 0.25) is 0 Å². The minimum atomic E-state index is -0.716. The van der Waals surface area contributed by atoms with Gasteiger partial charge in [0.1, 0.15) is 22.6 Å². The van der Waals surface area contributed by atoms with E-state index >= 15 is 0 Å². The number of methoxy groups -OCH3 is 2. The van der Waals surface area contributed by atoms with Crippen molar-refractivity contribution in [2.75, 3.05) is 14.2 Å². The predicted octanol–water partition coefficient (Wildman–Crippen LogP) is 3.24. The second-order valence-electron chi connectivity index (χ2n) is 5.93. The van der Waals surface area contributed by atoms with Gasteiger partial charge in [-0.25, -0.2) is 9.59 Å². The number of para-hydroxylation sites is 1. The van der Waals surface area contributed by atoms with Crippen LogP contribution in [0.15, 0.2) is 57.5 Å². The number of carbonyl (C=O) groups is 2. The molecule has 1 aromatic heterocycles. The maximum atomic E-state index is 12.6. The first-order valence-electron chi connectivity index (χ1n) is 8.37. The van der Waals surface area contributed by atoms with E-state index in [-0.39, 0.29) is 16.1 Å². The SMILES string of the molecule is COC(=O)C1=C(C(=O)OC)/C(=C/C=C(C#N)C#N)c2c(n(C)c3ccccc23)S1. The van der Waals surface area contributed by atoms with Crippen molar-refractivity contribution in [3.05, 3.63) is 58.0 Å². The van der Waals surface area contributed by atoms with Gasteiger partial charge >= 0.3 is 11.9 Å². The molecule has 0 radical (unpaired) electrons. The zero-order valence-electron chi connectivity index (χ0n) is 15.8. The van der Waals surface area contributed by atoms with Gasteiger partial charge in [0.05, 0.1) is 24.8 Å². The lowest BCUT2D eigenvalue weighted by atomic mass is 9.95. The lowest BCUT2D eigenvalue weighted by Gasteiger charge is -2.21. The first-order valence-corrected chi connectivity index (χ1v) is 9.19. The second kappa shape index (κ2) is 8.09. The molecule has 7 nitrogen and oxygen atoms in total. The fourth-order valence-electron chi connectivity index (χ4n) is 3.12. The average molecular weight is 405 g/mol. The van der Waals surface area contributed by atoms with Crippen molar-refractivity contribution >= 4 is 40.2 Å². The number of aryl methyl sites for hydroxylation is 1. The number of nitrogens with zero attached hydrogens (tertiary/aromatic N) is 3. The zero-order chi connectivity index (χ0) is 21.1. The van der Waals surface area contributed by atoms with Gasteiger partial charge in [0.15, 0.2) is 0 Å². The molecule has 0 aliphatic carbocycles. The summed E-state index contributed by atoms with van der Waals surface area (Å²) in [4.78, 5) is 25.2. The van der Waals surface area contributed by atoms with Crippen LogP contribution < -0.4 is 0 Å². The normalized spacial score (nSPS) is 14.0. The molecule has 0 saturated carbocycles. The number of hydrogen-bond donors (Lipinski definition) is 0. The summed E-state index contributed by atoms with van der Waals surface area (Å²) in [6.45, 7) is 0. The van der Waals surface area contributed by atoms with Crippen LogP contribution in [0.3, 0.4) is 0 Å². The van der Waals surface area contributed by atoms with Crippen molar-refractivity contribution < 1.29 is 19.1 Å². The number of allylic oxidation sites excluding steroid dienone is 3. The highest BCUT2D eigenvalue weighted by Crippen LogP contribution is 2.49. The summed E-state index contributed by atoms with van der Waals surface area (Å²) in [5.74, 6) is -1.39. The van der Waals surface area contributed by atoms with Gasteiger partial charge in [-0.05, 0) is 12.1 Å². The van der Waals surface area contributed by atoms with Crippen LogP contribution in [0.1, 0.15) is 5.56 Å². The van der Waals surface area contributed by atoms with E-state index < -0.39 is 11.9 Å². The van der Waals surface area contributed by atoms with E-state index in [0.29, 0.717) is 11.1 Å². The molecule has 0 fully saturated rings. The molecule has 144 valence electrons. The maximum Gasteiger partial charge on any atom is 0.345 e. The molecule has 0 unspecified atom stereocenters. The van der Waals surface area contributed by atoms with Gasteiger partial charge in [-0.15, -0.1) is 0 Å². The molecule has 1 aromatic carbocycles. The first-order chi connectivity index (χ1) is 14.0. The molecule has 8 heteroatoms. The molecule has 2 heterocycles. The molecule has 29 heavy (non-hydrogen) atoms. The first kappa shape index (κ1) is 20.0. The summed E-state index contributed by atoms with van der Waals surface area (Å²) in [6, 6.07) is 11.1. The monoisotopic (exact) mass is 405 g/mol. The molecule has 1 aliphatic rings. The zero-order valence-corrected chi connectivity index (χ0v) is 16.7. The number of aromatic nitrogens is 1. The van der Waals surface area contributed by atoms with Gasteiger partial charge < -0.3 is 14.0 Å². The van der Waals surface area contributed by atoms with Crippen molar-refractivity contribution in [2.45, 2.75) is 5.03 Å². The van der Waals surface area contributed by atoms with Gasteiger partial charge in [-0.1, -0.05) is 36.0 Å². The van der Waals surface area contributed by atoms with Crippen LogP contribution in [0.25, 0.3) is 16.5 Å². The summed E-state index contributed by atoms with van der Waals surface area (Å²) in [5, 5.41) is 19.7. The van der Waals surface area contributed by atoms with Crippen molar-refractivity contribution in [3.8, 4) is 12.1 Å². The molecular formula is C21H15N3O4S. The van der Waals surface area contributed by atoms with E-state index in [1.807, 2.05) is 35.9 Å². The fraction of sp³-hybridized carbons (Fsp3) is 0.143. The molecular weight excluding hydrogens is 390 g/mol. The molecule has 0 N–H and O–H groups in total. The summed E-state index contributed by atoms with van der Waals surface area (Å²) in [5.41, 5.74) is 1.88. The molecule has 0 atom stereocenters. The van der Waals surface area contributed by atoms with E-state index in [0.717, 1.165) is 27.7 Å². The summed E-state index contributed by atoms with van der Waals surface area (Å²) >= 11 is 1.12. The van der Waals surface area contributed by atoms with Gasteiger partial charge in [0, 0.05) is 29.1 Å². The van der Waals surface area contributed by atoms with E-state index in [1.54, 1.807) is 12.1 Å². The molecule has 0 saturated heterocycles. The number of carbonyl (C=O) groups excluding carboxylic acids is 2. The smallest absolute Gasteiger partial charge is 0.345 e. The highest BCUT2D eigenvalue weighted by molar-refractivity contribution is 8.04. The Balaban J connectivity index is 2.44. The lowest BCUT2D eigenvalue weighted by Crippen LogP contribution is -2.17. The van der Waals surface area contributed by atoms with Crippen LogP contribution in [-0.2, 0) is 26.1 Å². The third-order valence-electron chi connectivity index (χ3n) is 4.44. The van der Waals surface area contributed by atoms with Crippen LogP contribution in [0.5, 0.6) is 0 Å². The Morgan fingerprint density at radius 1 is 1.10 bits per heavy atom. The number of nitriles is 2. The Labute approximate surface area is 171 Å². The Kier molecular flexibility index (Phi) is 5.58. The third kappa shape index (κ3) is 3.31. The van der Waals surface area contributed by atoms with E-state index in [9.17, 15) is 9.59 Å². The number of rotatable bonds is 3. The number of benzene rings is 1. The molecule has 0 amide bonds. The number of thioether (sulfide) groups is 1. The van der Waals surface area contributed by atoms with Crippen molar-refractivity contribution in [1.82, 2.24) is 4.57 Å². The summed E-state index contributed by atoms with van der Waals surface area (Å²) in [7, 11) is 4.31. The minimum Gasteiger partial charge on any atom is -0.465 e. The Morgan fingerprint density at radius 2 is 1.76 bits per heavy atom.